The molecule has 0 fully saturated rings. The SMILES string of the molecule is CCCCCCCCCCCCCCCCCCOC(C)CCCCCCC. The van der Waals surface area contributed by atoms with Crippen LogP contribution >= 0.6 is 0 Å². The zero-order chi connectivity index (χ0) is 20.5. The highest BCUT2D eigenvalue weighted by Crippen LogP contribution is 2.14. The summed E-state index contributed by atoms with van der Waals surface area (Å²) in [5.41, 5.74) is 0. The summed E-state index contributed by atoms with van der Waals surface area (Å²) >= 11 is 0. The van der Waals surface area contributed by atoms with Gasteiger partial charge in [0.25, 0.3) is 0 Å². The van der Waals surface area contributed by atoms with Crippen molar-refractivity contribution in [2.24, 2.45) is 0 Å². The van der Waals surface area contributed by atoms with Gasteiger partial charge in [-0.15, -0.1) is 0 Å². The van der Waals surface area contributed by atoms with Crippen LogP contribution in [0.3, 0.4) is 0 Å². The van der Waals surface area contributed by atoms with Gasteiger partial charge in [0.2, 0.25) is 0 Å². The molecule has 0 saturated heterocycles. The van der Waals surface area contributed by atoms with Gasteiger partial charge >= 0.3 is 0 Å². The molecule has 0 N–H and O–H groups in total. The van der Waals surface area contributed by atoms with E-state index in [0.717, 1.165) is 6.61 Å². The summed E-state index contributed by atoms with van der Waals surface area (Å²) in [6.45, 7) is 7.82. The third-order valence-corrected chi connectivity index (χ3v) is 6.11. The van der Waals surface area contributed by atoms with E-state index in [0.29, 0.717) is 6.10 Å². The van der Waals surface area contributed by atoms with Crippen molar-refractivity contribution < 1.29 is 4.74 Å². The zero-order valence-electron chi connectivity index (χ0n) is 20.2. The van der Waals surface area contributed by atoms with Crippen LogP contribution in [-0.2, 0) is 4.74 Å². The molecule has 28 heavy (non-hydrogen) atoms. The maximum atomic E-state index is 5.97. The van der Waals surface area contributed by atoms with Crippen LogP contribution in [0, 0.1) is 0 Å². The van der Waals surface area contributed by atoms with Gasteiger partial charge in [-0.1, -0.05) is 142 Å². The van der Waals surface area contributed by atoms with Gasteiger partial charge in [0.1, 0.15) is 0 Å². The predicted octanol–water partition coefficient (Wildman–Crippen LogP) is 10.0. The van der Waals surface area contributed by atoms with E-state index in [2.05, 4.69) is 20.8 Å². The molecule has 0 aromatic carbocycles. The molecule has 0 aliphatic rings. The van der Waals surface area contributed by atoms with Gasteiger partial charge in [0, 0.05) is 6.61 Å². The number of rotatable bonds is 24. The van der Waals surface area contributed by atoms with Gasteiger partial charge in [-0.25, -0.2) is 0 Å². The Hall–Kier alpha value is -0.0400. The average molecular weight is 397 g/mol. The molecule has 1 heteroatoms. The fourth-order valence-corrected chi connectivity index (χ4v) is 4.05. The van der Waals surface area contributed by atoms with Crippen LogP contribution in [0.1, 0.15) is 162 Å². The van der Waals surface area contributed by atoms with Crippen LogP contribution < -0.4 is 0 Å². The minimum Gasteiger partial charge on any atom is -0.379 e. The van der Waals surface area contributed by atoms with Crippen LogP contribution in [0.4, 0.5) is 0 Å². The molecule has 1 atom stereocenters. The van der Waals surface area contributed by atoms with Crippen molar-refractivity contribution >= 4 is 0 Å². The summed E-state index contributed by atoms with van der Waals surface area (Å²) in [5, 5.41) is 0. The lowest BCUT2D eigenvalue weighted by Gasteiger charge is -2.12. The highest BCUT2D eigenvalue weighted by atomic mass is 16.5. The quantitative estimate of drug-likeness (QED) is 0.147. The molecule has 0 radical (unpaired) electrons. The summed E-state index contributed by atoms with van der Waals surface area (Å²) in [5.74, 6) is 0. The molecule has 0 heterocycles. The Kier molecular flexibility index (Phi) is 25.0. The third-order valence-electron chi connectivity index (χ3n) is 6.11. The molecular formula is C27H56O. The van der Waals surface area contributed by atoms with E-state index in [1.165, 1.54) is 141 Å². The summed E-state index contributed by atoms with van der Waals surface area (Å²) in [4.78, 5) is 0. The molecule has 0 bridgehead atoms. The Balaban J connectivity index is 3.08. The molecule has 0 spiro atoms. The second-order valence-electron chi connectivity index (χ2n) is 9.19. The monoisotopic (exact) mass is 396 g/mol. The summed E-state index contributed by atoms with van der Waals surface area (Å²) < 4.78 is 5.97. The van der Waals surface area contributed by atoms with Crippen molar-refractivity contribution in [1.29, 1.82) is 0 Å². The van der Waals surface area contributed by atoms with E-state index in [9.17, 15) is 0 Å². The first-order chi connectivity index (χ1) is 13.8. The minimum absolute atomic E-state index is 0.470. The van der Waals surface area contributed by atoms with Gasteiger partial charge in [-0.05, 0) is 19.8 Å². The van der Waals surface area contributed by atoms with Crippen LogP contribution in [0.5, 0.6) is 0 Å². The molecule has 1 nitrogen and oxygen atoms in total. The molecule has 0 rings (SSSR count). The molecule has 0 amide bonds. The maximum Gasteiger partial charge on any atom is 0.0547 e. The Morgan fingerprint density at radius 1 is 0.429 bits per heavy atom. The van der Waals surface area contributed by atoms with E-state index >= 15 is 0 Å². The summed E-state index contributed by atoms with van der Waals surface area (Å²) in [6, 6.07) is 0. The second kappa shape index (κ2) is 25.0. The average Bonchev–Trinajstić information content (AvgIpc) is 2.70. The first-order valence-corrected chi connectivity index (χ1v) is 13.4. The lowest BCUT2D eigenvalue weighted by Crippen LogP contribution is -2.09. The highest BCUT2D eigenvalue weighted by molar-refractivity contribution is 4.53. The fraction of sp³-hybridized carbons (Fsp3) is 1.00. The smallest absolute Gasteiger partial charge is 0.0547 e. The van der Waals surface area contributed by atoms with E-state index in [-0.39, 0.29) is 0 Å². The van der Waals surface area contributed by atoms with E-state index in [4.69, 9.17) is 4.74 Å². The van der Waals surface area contributed by atoms with E-state index in [1.807, 2.05) is 0 Å². The molecule has 0 aliphatic carbocycles. The molecule has 0 saturated carbocycles. The molecule has 170 valence electrons. The number of hydrogen-bond acceptors (Lipinski definition) is 1. The van der Waals surface area contributed by atoms with Crippen LogP contribution in [-0.4, -0.2) is 12.7 Å². The third kappa shape index (κ3) is 24.0. The van der Waals surface area contributed by atoms with E-state index < -0.39 is 0 Å². The van der Waals surface area contributed by atoms with Gasteiger partial charge in [0.15, 0.2) is 0 Å². The summed E-state index contributed by atoms with van der Waals surface area (Å²) in [6.07, 6.45) is 31.5. The highest BCUT2D eigenvalue weighted by Gasteiger charge is 2.02. The maximum absolute atomic E-state index is 5.97. The van der Waals surface area contributed by atoms with Crippen molar-refractivity contribution in [2.75, 3.05) is 6.61 Å². The zero-order valence-corrected chi connectivity index (χ0v) is 20.2. The first-order valence-electron chi connectivity index (χ1n) is 13.4. The second-order valence-corrected chi connectivity index (χ2v) is 9.19. The lowest BCUT2D eigenvalue weighted by atomic mass is 10.0. The Labute approximate surface area is 179 Å². The summed E-state index contributed by atoms with van der Waals surface area (Å²) in [7, 11) is 0. The van der Waals surface area contributed by atoms with Crippen molar-refractivity contribution in [2.45, 2.75) is 168 Å². The molecule has 1 unspecified atom stereocenters. The largest absolute Gasteiger partial charge is 0.379 e. The van der Waals surface area contributed by atoms with Gasteiger partial charge in [-0.2, -0.15) is 0 Å². The molecule has 0 aromatic heterocycles. The number of ether oxygens (including phenoxy) is 1. The van der Waals surface area contributed by atoms with Crippen molar-refractivity contribution in [1.82, 2.24) is 0 Å². The van der Waals surface area contributed by atoms with Crippen molar-refractivity contribution in [3.05, 3.63) is 0 Å². The van der Waals surface area contributed by atoms with Crippen molar-refractivity contribution in [3.63, 3.8) is 0 Å². The minimum atomic E-state index is 0.470. The van der Waals surface area contributed by atoms with Gasteiger partial charge in [-0.3, -0.25) is 0 Å². The van der Waals surface area contributed by atoms with Gasteiger partial charge < -0.3 is 4.74 Å². The standard InChI is InChI=1S/C27H56O/c1-4-6-8-10-11-12-13-14-15-16-17-18-19-20-22-24-26-28-27(3)25-23-21-9-7-5-2/h27H,4-26H2,1-3H3. The molecule has 0 aromatic rings. The predicted molar refractivity (Wildman–Crippen MR) is 128 cm³/mol. The topological polar surface area (TPSA) is 9.23 Å². The van der Waals surface area contributed by atoms with Crippen LogP contribution in [0.15, 0.2) is 0 Å². The fourth-order valence-electron chi connectivity index (χ4n) is 4.05. The van der Waals surface area contributed by atoms with Crippen LogP contribution in [0.2, 0.25) is 0 Å². The Morgan fingerprint density at radius 2 is 0.750 bits per heavy atom. The molecule has 0 aliphatic heterocycles. The number of hydrogen-bond donors (Lipinski definition) is 0. The number of unbranched alkanes of at least 4 members (excludes halogenated alkanes) is 19. The molecular weight excluding hydrogens is 340 g/mol. The van der Waals surface area contributed by atoms with Gasteiger partial charge in [0.05, 0.1) is 6.10 Å². The normalized spacial score (nSPS) is 12.5. The first kappa shape index (κ1) is 28.0. The van der Waals surface area contributed by atoms with Crippen molar-refractivity contribution in [3.8, 4) is 0 Å². The van der Waals surface area contributed by atoms with Crippen LogP contribution in [0.25, 0.3) is 0 Å². The lowest BCUT2D eigenvalue weighted by molar-refractivity contribution is 0.0557. The van der Waals surface area contributed by atoms with E-state index in [1.54, 1.807) is 0 Å². The Morgan fingerprint density at radius 3 is 1.14 bits per heavy atom. The Bertz CT molecular complexity index is 263.